The molecule has 0 unspecified atom stereocenters. The first-order chi connectivity index (χ1) is 9.19. The van der Waals surface area contributed by atoms with Crippen molar-refractivity contribution in [1.82, 2.24) is 9.97 Å². The highest BCUT2D eigenvalue weighted by Crippen LogP contribution is 2.18. The van der Waals surface area contributed by atoms with Crippen LogP contribution < -0.4 is 5.32 Å². The molecule has 0 saturated heterocycles. The third kappa shape index (κ3) is 6.01. The molecule has 0 amide bonds. The molecule has 0 fully saturated rings. The number of aromatic nitrogens is 2. The van der Waals surface area contributed by atoms with Crippen LogP contribution in [0.1, 0.15) is 24.9 Å². The van der Waals surface area contributed by atoms with E-state index in [0.29, 0.717) is 19.8 Å². The van der Waals surface area contributed by atoms with E-state index in [9.17, 15) is 0 Å². The average Bonchev–Trinajstić information content (AvgIpc) is 2.40. The van der Waals surface area contributed by atoms with Gasteiger partial charge in [-0.1, -0.05) is 6.92 Å². The highest BCUT2D eigenvalue weighted by atomic mass is 127. The number of ether oxygens (including phenoxy) is 2. The summed E-state index contributed by atoms with van der Waals surface area (Å²) in [6.07, 6.45) is 1.80. The summed E-state index contributed by atoms with van der Waals surface area (Å²) in [6.45, 7) is 6.93. The lowest BCUT2D eigenvalue weighted by Crippen LogP contribution is -2.11. The molecular formula is C13H22IN3O2. The lowest BCUT2D eigenvalue weighted by atomic mass is 10.3. The molecular weight excluding hydrogens is 357 g/mol. The minimum absolute atomic E-state index is 0.612. The minimum Gasteiger partial charge on any atom is -0.382 e. The van der Waals surface area contributed by atoms with Crippen molar-refractivity contribution in [2.24, 2.45) is 0 Å². The molecule has 0 aromatic carbocycles. The van der Waals surface area contributed by atoms with E-state index in [1.165, 1.54) is 0 Å². The number of hydrogen-bond acceptors (Lipinski definition) is 5. The molecule has 1 rings (SSSR count). The van der Waals surface area contributed by atoms with Crippen LogP contribution in [0.15, 0.2) is 0 Å². The molecule has 0 aliphatic rings. The fourth-order valence-electron chi connectivity index (χ4n) is 1.50. The molecule has 1 N–H and O–H groups in total. The van der Waals surface area contributed by atoms with Crippen molar-refractivity contribution in [1.29, 1.82) is 0 Å². The molecule has 5 nitrogen and oxygen atoms in total. The van der Waals surface area contributed by atoms with Crippen LogP contribution in [0.25, 0.3) is 0 Å². The van der Waals surface area contributed by atoms with Crippen LogP contribution in [0.3, 0.4) is 0 Å². The number of rotatable bonds is 9. The maximum Gasteiger partial charge on any atom is 0.143 e. The van der Waals surface area contributed by atoms with Gasteiger partial charge in [0.05, 0.1) is 29.1 Å². The molecule has 0 aliphatic carbocycles. The summed E-state index contributed by atoms with van der Waals surface area (Å²) in [5.41, 5.74) is 1.01. The Morgan fingerprint density at radius 3 is 2.68 bits per heavy atom. The van der Waals surface area contributed by atoms with Gasteiger partial charge in [-0.2, -0.15) is 0 Å². The smallest absolute Gasteiger partial charge is 0.143 e. The van der Waals surface area contributed by atoms with Crippen LogP contribution in [0.2, 0.25) is 0 Å². The normalized spacial score (nSPS) is 10.7. The third-order valence-electron chi connectivity index (χ3n) is 2.51. The van der Waals surface area contributed by atoms with Crippen LogP contribution in [0.4, 0.5) is 5.82 Å². The van der Waals surface area contributed by atoms with Gasteiger partial charge >= 0.3 is 0 Å². The number of aryl methyl sites for hydroxylation is 1. The van der Waals surface area contributed by atoms with E-state index < -0.39 is 0 Å². The standard InChI is InChI=1S/C13H22IN3O2/c1-4-6-15-13-12(14)10(2)16-11(17-13)5-7-19-9-8-18-3/h4-9H2,1-3H3,(H,15,16,17). The van der Waals surface area contributed by atoms with Crippen LogP contribution in [-0.4, -0.2) is 43.4 Å². The Kier molecular flexibility index (Phi) is 8.24. The van der Waals surface area contributed by atoms with E-state index in [1.54, 1.807) is 7.11 Å². The second kappa shape index (κ2) is 9.44. The monoisotopic (exact) mass is 379 g/mol. The second-order valence-corrected chi connectivity index (χ2v) is 5.25. The van der Waals surface area contributed by atoms with E-state index in [2.05, 4.69) is 44.8 Å². The Balaban J connectivity index is 2.55. The van der Waals surface area contributed by atoms with Gasteiger partial charge in [-0.15, -0.1) is 0 Å². The number of anilines is 1. The summed E-state index contributed by atoms with van der Waals surface area (Å²) in [4.78, 5) is 9.04. The molecule has 1 aromatic heterocycles. The fraction of sp³-hybridized carbons (Fsp3) is 0.692. The zero-order chi connectivity index (χ0) is 14.1. The van der Waals surface area contributed by atoms with Crippen molar-refractivity contribution < 1.29 is 9.47 Å². The summed E-state index contributed by atoms with van der Waals surface area (Å²) in [7, 11) is 1.67. The van der Waals surface area contributed by atoms with Gasteiger partial charge < -0.3 is 14.8 Å². The van der Waals surface area contributed by atoms with Gasteiger partial charge in [0.2, 0.25) is 0 Å². The molecule has 0 bridgehead atoms. The Morgan fingerprint density at radius 2 is 2.00 bits per heavy atom. The highest BCUT2D eigenvalue weighted by molar-refractivity contribution is 14.1. The number of nitrogens with one attached hydrogen (secondary N) is 1. The van der Waals surface area contributed by atoms with Crippen molar-refractivity contribution >= 4 is 28.4 Å². The molecule has 19 heavy (non-hydrogen) atoms. The predicted octanol–water partition coefficient (Wildman–Crippen LogP) is 2.42. The topological polar surface area (TPSA) is 56.3 Å². The number of hydrogen-bond donors (Lipinski definition) is 1. The van der Waals surface area contributed by atoms with E-state index >= 15 is 0 Å². The Labute approximate surface area is 128 Å². The van der Waals surface area contributed by atoms with Crippen molar-refractivity contribution in [2.75, 3.05) is 38.8 Å². The number of halogens is 1. The van der Waals surface area contributed by atoms with Gasteiger partial charge in [0.25, 0.3) is 0 Å². The lowest BCUT2D eigenvalue weighted by molar-refractivity contribution is 0.0716. The second-order valence-electron chi connectivity index (χ2n) is 4.17. The highest BCUT2D eigenvalue weighted by Gasteiger charge is 2.08. The molecule has 0 atom stereocenters. The maximum absolute atomic E-state index is 5.44. The van der Waals surface area contributed by atoms with Crippen molar-refractivity contribution in [3.05, 3.63) is 15.1 Å². The summed E-state index contributed by atoms with van der Waals surface area (Å²) >= 11 is 2.28. The number of nitrogens with zero attached hydrogens (tertiary/aromatic N) is 2. The van der Waals surface area contributed by atoms with Gasteiger partial charge in [0.1, 0.15) is 11.6 Å². The third-order valence-corrected chi connectivity index (χ3v) is 3.80. The minimum atomic E-state index is 0.612. The fourth-order valence-corrected chi connectivity index (χ4v) is 1.93. The molecule has 6 heteroatoms. The molecule has 0 saturated carbocycles. The largest absolute Gasteiger partial charge is 0.382 e. The van der Waals surface area contributed by atoms with Gasteiger partial charge in [-0.3, -0.25) is 0 Å². The summed E-state index contributed by atoms with van der Waals surface area (Å²) in [5, 5.41) is 3.34. The molecule has 1 aromatic rings. The zero-order valence-corrected chi connectivity index (χ0v) is 14.0. The van der Waals surface area contributed by atoms with E-state index in [1.807, 2.05) is 6.92 Å². The van der Waals surface area contributed by atoms with Gasteiger partial charge in [-0.05, 0) is 35.9 Å². The van der Waals surface area contributed by atoms with E-state index in [4.69, 9.17) is 9.47 Å². The first kappa shape index (κ1) is 16.6. The molecule has 1 heterocycles. The summed E-state index contributed by atoms with van der Waals surface area (Å²) in [6, 6.07) is 0. The van der Waals surface area contributed by atoms with Crippen molar-refractivity contribution in [3.63, 3.8) is 0 Å². The van der Waals surface area contributed by atoms with E-state index in [-0.39, 0.29) is 0 Å². The molecule has 108 valence electrons. The first-order valence-corrected chi connectivity index (χ1v) is 7.60. The Bertz CT molecular complexity index is 388. The summed E-state index contributed by atoms with van der Waals surface area (Å²) < 4.78 is 11.5. The molecule has 0 radical (unpaired) electrons. The van der Waals surface area contributed by atoms with Gasteiger partial charge in [0.15, 0.2) is 0 Å². The zero-order valence-electron chi connectivity index (χ0n) is 11.8. The van der Waals surface area contributed by atoms with Crippen LogP contribution in [-0.2, 0) is 15.9 Å². The average molecular weight is 379 g/mol. The first-order valence-electron chi connectivity index (χ1n) is 6.52. The van der Waals surface area contributed by atoms with Crippen LogP contribution >= 0.6 is 22.6 Å². The molecule has 0 spiro atoms. The lowest BCUT2D eigenvalue weighted by Gasteiger charge is -2.11. The quantitative estimate of drug-likeness (QED) is 0.528. The van der Waals surface area contributed by atoms with Crippen LogP contribution in [0, 0.1) is 10.5 Å². The van der Waals surface area contributed by atoms with E-state index in [0.717, 1.165) is 40.3 Å². The van der Waals surface area contributed by atoms with Crippen LogP contribution in [0.5, 0.6) is 0 Å². The SMILES string of the molecule is CCCNc1nc(CCOCCOC)nc(C)c1I. The number of methoxy groups -OCH3 is 1. The Hall–Kier alpha value is -0.470. The predicted molar refractivity (Wildman–Crippen MR) is 84.7 cm³/mol. The van der Waals surface area contributed by atoms with Gasteiger partial charge in [-0.25, -0.2) is 9.97 Å². The van der Waals surface area contributed by atoms with Crippen molar-refractivity contribution in [3.8, 4) is 0 Å². The van der Waals surface area contributed by atoms with Gasteiger partial charge in [0, 0.05) is 20.1 Å². The van der Waals surface area contributed by atoms with Crippen molar-refractivity contribution in [2.45, 2.75) is 26.7 Å². The Morgan fingerprint density at radius 1 is 1.21 bits per heavy atom. The summed E-state index contributed by atoms with van der Waals surface area (Å²) in [5.74, 6) is 1.76. The maximum atomic E-state index is 5.44. The molecule has 0 aliphatic heterocycles.